The van der Waals surface area contributed by atoms with Crippen LogP contribution in [0.25, 0.3) is 0 Å². The van der Waals surface area contributed by atoms with Gasteiger partial charge in [-0.3, -0.25) is 0 Å². The monoisotopic (exact) mass is 234 g/mol. The van der Waals surface area contributed by atoms with E-state index in [1.807, 2.05) is 6.92 Å². The average Bonchev–Trinajstić information content (AvgIpc) is 2.67. The van der Waals surface area contributed by atoms with Crippen molar-refractivity contribution in [2.75, 3.05) is 11.1 Å². The molecule has 0 aliphatic rings. The highest BCUT2D eigenvalue weighted by Crippen LogP contribution is 2.17. The van der Waals surface area contributed by atoms with Gasteiger partial charge in [0.25, 0.3) is 0 Å². The fraction of sp³-hybridized carbons (Fsp3) is 0.400. The summed E-state index contributed by atoms with van der Waals surface area (Å²) in [4.78, 5) is 12.4. The summed E-state index contributed by atoms with van der Waals surface area (Å²) in [6, 6.07) is 0. The lowest BCUT2D eigenvalue weighted by atomic mass is 10.3. The lowest BCUT2D eigenvalue weighted by Crippen LogP contribution is -2.08. The van der Waals surface area contributed by atoms with E-state index in [2.05, 4.69) is 25.4 Å². The van der Waals surface area contributed by atoms with E-state index in [0.29, 0.717) is 35.7 Å². The molecule has 2 aromatic rings. The van der Waals surface area contributed by atoms with Crippen molar-refractivity contribution in [2.45, 2.75) is 27.3 Å². The van der Waals surface area contributed by atoms with Gasteiger partial charge in [0.1, 0.15) is 17.5 Å². The topological polar surface area (TPSA) is 103 Å². The highest BCUT2D eigenvalue weighted by Gasteiger charge is 2.08. The third-order valence-electron chi connectivity index (χ3n) is 2.27. The zero-order chi connectivity index (χ0) is 12.4. The van der Waals surface area contributed by atoms with E-state index in [-0.39, 0.29) is 0 Å². The van der Waals surface area contributed by atoms with Crippen molar-refractivity contribution < 1.29 is 4.52 Å². The first kappa shape index (κ1) is 11.3. The standard InChI is InChI=1S/C10H14N6O/c1-5-9(11)14-6(2)15-10(5)12-4-8-13-7(3)16-17-8/h4H2,1-3H3,(H3,11,12,14,15). The summed E-state index contributed by atoms with van der Waals surface area (Å²) in [6.07, 6.45) is 0. The van der Waals surface area contributed by atoms with E-state index >= 15 is 0 Å². The van der Waals surface area contributed by atoms with Crippen LogP contribution in [0, 0.1) is 20.8 Å². The molecule has 0 unspecified atom stereocenters. The first-order valence-electron chi connectivity index (χ1n) is 5.20. The number of nitrogen functional groups attached to an aromatic ring is 1. The minimum atomic E-state index is 0.414. The molecule has 0 fully saturated rings. The quantitative estimate of drug-likeness (QED) is 0.815. The normalized spacial score (nSPS) is 10.5. The Labute approximate surface area is 98.5 Å². The highest BCUT2D eigenvalue weighted by molar-refractivity contribution is 5.54. The number of nitrogens with two attached hydrogens (primary N) is 1. The van der Waals surface area contributed by atoms with Crippen molar-refractivity contribution >= 4 is 11.6 Å². The van der Waals surface area contributed by atoms with Gasteiger partial charge in [-0.2, -0.15) is 4.98 Å². The van der Waals surface area contributed by atoms with Gasteiger partial charge >= 0.3 is 0 Å². The predicted molar refractivity (Wildman–Crippen MR) is 62.3 cm³/mol. The summed E-state index contributed by atoms with van der Waals surface area (Å²) >= 11 is 0. The second-order valence-electron chi connectivity index (χ2n) is 3.72. The van der Waals surface area contributed by atoms with Gasteiger partial charge in [-0.05, 0) is 20.8 Å². The van der Waals surface area contributed by atoms with Gasteiger partial charge in [-0.15, -0.1) is 0 Å². The number of aromatic nitrogens is 4. The second-order valence-corrected chi connectivity index (χ2v) is 3.72. The van der Waals surface area contributed by atoms with Crippen molar-refractivity contribution in [2.24, 2.45) is 0 Å². The largest absolute Gasteiger partial charge is 0.383 e. The van der Waals surface area contributed by atoms with Gasteiger partial charge in [-0.25, -0.2) is 9.97 Å². The summed E-state index contributed by atoms with van der Waals surface area (Å²) < 4.78 is 4.99. The summed E-state index contributed by atoms with van der Waals surface area (Å²) in [7, 11) is 0. The van der Waals surface area contributed by atoms with Crippen LogP contribution in [0.5, 0.6) is 0 Å². The van der Waals surface area contributed by atoms with Gasteiger partial charge in [0.05, 0.1) is 6.54 Å². The number of nitrogens with zero attached hydrogens (tertiary/aromatic N) is 4. The van der Waals surface area contributed by atoms with Gasteiger partial charge in [-0.1, -0.05) is 5.16 Å². The smallest absolute Gasteiger partial charge is 0.245 e. The third kappa shape index (κ3) is 2.49. The van der Waals surface area contributed by atoms with Crippen LogP contribution in [0.15, 0.2) is 4.52 Å². The number of aryl methyl sites for hydroxylation is 2. The lowest BCUT2D eigenvalue weighted by Gasteiger charge is -2.08. The van der Waals surface area contributed by atoms with Crippen LogP contribution >= 0.6 is 0 Å². The van der Waals surface area contributed by atoms with Gasteiger partial charge in [0.15, 0.2) is 5.82 Å². The molecule has 7 nitrogen and oxygen atoms in total. The number of anilines is 2. The molecule has 0 spiro atoms. The average molecular weight is 234 g/mol. The Morgan fingerprint density at radius 3 is 2.53 bits per heavy atom. The van der Waals surface area contributed by atoms with Crippen molar-refractivity contribution in [1.82, 2.24) is 20.1 Å². The summed E-state index contributed by atoms with van der Waals surface area (Å²) in [5.74, 6) is 2.90. The van der Waals surface area contributed by atoms with Gasteiger partial charge < -0.3 is 15.6 Å². The second kappa shape index (κ2) is 4.36. The molecular formula is C10H14N6O. The Balaban J connectivity index is 2.14. The molecule has 17 heavy (non-hydrogen) atoms. The Hall–Kier alpha value is -2.18. The Bertz CT molecular complexity index is 536. The number of rotatable bonds is 3. The van der Waals surface area contributed by atoms with E-state index in [1.165, 1.54) is 0 Å². The molecule has 90 valence electrons. The predicted octanol–water partition coefficient (Wildman–Crippen LogP) is 0.979. The minimum absolute atomic E-state index is 0.414. The molecule has 0 atom stereocenters. The number of nitrogens with one attached hydrogen (secondary N) is 1. The van der Waals surface area contributed by atoms with E-state index in [0.717, 1.165) is 5.56 Å². The Morgan fingerprint density at radius 2 is 1.88 bits per heavy atom. The van der Waals surface area contributed by atoms with Crippen LogP contribution in [0.2, 0.25) is 0 Å². The molecule has 2 heterocycles. The van der Waals surface area contributed by atoms with Crippen LogP contribution in [0.4, 0.5) is 11.6 Å². The maximum atomic E-state index is 5.75. The molecule has 3 N–H and O–H groups in total. The van der Waals surface area contributed by atoms with Gasteiger partial charge in [0, 0.05) is 5.56 Å². The fourth-order valence-electron chi connectivity index (χ4n) is 1.39. The molecule has 0 saturated heterocycles. The van der Waals surface area contributed by atoms with Crippen LogP contribution in [-0.4, -0.2) is 20.1 Å². The third-order valence-corrected chi connectivity index (χ3v) is 2.27. The molecule has 0 saturated carbocycles. The molecular weight excluding hydrogens is 220 g/mol. The zero-order valence-electron chi connectivity index (χ0n) is 9.98. The van der Waals surface area contributed by atoms with Crippen LogP contribution < -0.4 is 11.1 Å². The summed E-state index contributed by atoms with van der Waals surface area (Å²) in [6.45, 7) is 5.83. The maximum absolute atomic E-state index is 5.75. The van der Waals surface area contributed by atoms with E-state index in [4.69, 9.17) is 10.3 Å². The van der Waals surface area contributed by atoms with Crippen LogP contribution in [-0.2, 0) is 6.54 Å². The van der Waals surface area contributed by atoms with Crippen molar-refractivity contribution in [3.05, 3.63) is 23.1 Å². The molecule has 0 aliphatic heterocycles. The molecule has 0 aromatic carbocycles. The Kier molecular flexibility index (Phi) is 2.90. The molecule has 7 heteroatoms. The summed E-state index contributed by atoms with van der Waals surface area (Å²) in [5.41, 5.74) is 6.56. The molecule has 0 aliphatic carbocycles. The highest BCUT2D eigenvalue weighted by atomic mass is 16.5. The van der Waals surface area contributed by atoms with Crippen molar-refractivity contribution in [3.63, 3.8) is 0 Å². The van der Waals surface area contributed by atoms with Crippen LogP contribution in [0.3, 0.4) is 0 Å². The van der Waals surface area contributed by atoms with Gasteiger partial charge in [0.2, 0.25) is 5.89 Å². The maximum Gasteiger partial charge on any atom is 0.245 e. The first-order chi connectivity index (χ1) is 8.06. The molecule has 2 aromatic heterocycles. The minimum Gasteiger partial charge on any atom is -0.383 e. The number of hydrogen-bond acceptors (Lipinski definition) is 7. The SMILES string of the molecule is Cc1noc(CNc2nc(C)nc(N)c2C)n1. The van der Waals surface area contributed by atoms with E-state index < -0.39 is 0 Å². The Morgan fingerprint density at radius 1 is 1.12 bits per heavy atom. The molecule has 0 radical (unpaired) electrons. The zero-order valence-corrected chi connectivity index (χ0v) is 9.98. The van der Waals surface area contributed by atoms with E-state index in [1.54, 1.807) is 13.8 Å². The number of hydrogen-bond donors (Lipinski definition) is 2. The van der Waals surface area contributed by atoms with E-state index in [9.17, 15) is 0 Å². The lowest BCUT2D eigenvalue weighted by molar-refractivity contribution is 0.379. The first-order valence-corrected chi connectivity index (χ1v) is 5.20. The van der Waals surface area contributed by atoms with Crippen molar-refractivity contribution in [1.29, 1.82) is 0 Å². The van der Waals surface area contributed by atoms with Crippen LogP contribution in [0.1, 0.15) is 23.1 Å². The summed E-state index contributed by atoms with van der Waals surface area (Å²) in [5, 5.41) is 6.80. The molecule has 0 amide bonds. The molecule has 0 bridgehead atoms. The molecule has 2 rings (SSSR count). The fourth-order valence-corrected chi connectivity index (χ4v) is 1.39. The van der Waals surface area contributed by atoms with Crippen molar-refractivity contribution in [3.8, 4) is 0 Å².